The Labute approximate surface area is 150 Å². The van der Waals surface area contributed by atoms with Crippen LogP contribution in [0.4, 0.5) is 0 Å². The topological polar surface area (TPSA) is 64.1 Å². The summed E-state index contributed by atoms with van der Waals surface area (Å²) in [5, 5.41) is 6.76. The summed E-state index contributed by atoms with van der Waals surface area (Å²) in [6.07, 6.45) is 6.47. The molecule has 0 aliphatic heterocycles. The average Bonchev–Trinajstić information content (AvgIpc) is 3.13. The third-order valence-electron chi connectivity index (χ3n) is 3.92. The van der Waals surface area contributed by atoms with Crippen molar-refractivity contribution in [3.05, 3.63) is 29.8 Å². The zero-order chi connectivity index (χ0) is 18.1. The fourth-order valence-corrected chi connectivity index (χ4v) is 2.73. The highest BCUT2D eigenvalue weighted by Crippen LogP contribution is 2.38. The van der Waals surface area contributed by atoms with Gasteiger partial charge in [0.1, 0.15) is 0 Å². The summed E-state index contributed by atoms with van der Waals surface area (Å²) in [7, 11) is 3.26. The van der Waals surface area contributed by atoms with E-state index in [1.807, 2.05) is 19.1 Å². The minimum atomic E-state index is 0.419. The second kappa shape index (κ2) is 9.81. The highest BCUT2D eigenvalue weighted by molar-refractivity contribution is 5.80. The lowest BCUT2D eigenvalue weighted by Gasteiger charge is -2.17. The molecule has 6 heteroatoms. The number of hydrogen-bond acceptors (Lipinski definition) is 4. The molecular formula is C19H29N3O3. The summed E-state index contributed by atoms with van der Waals surface area (Å²) in [6.45, 7) is 5.89. The summed E-state index contributed by atoms with van der Waals surface area (Å²) in [5.74, 6) is 2.76. The van der Waals surface area contributed by atoms with Crippen molar-refractivity contribution >= 4 is 5.96 Å². The zero-order valence-corrected chi connectivity index (χ0v) is 15.6. The van der Waals surface area contributed by atoms with Crippen LogP contribution >= 0.6 is 0 Å². The van der Waals surface area contributed by atoms with E-state index in [0.717, 1.165) is 30.9 Å². The van der Waals surface area contributed by atoms with E-state index in [2.05, 4.69) is 34.7 Å². The number of ether oxygens (including phenoxy) is 3. The van der Waals surface area contributed by atoms with Gasteiger partial charge in [-0.2, -0.15) is 0 Å². The van der Waals surface area contributed by atoms with E-state index in [-0.39, 0.29) is 0 Å². The Balaban J connectivity index is 2.15. The molecule has 0 amide bonds. The molecule has 0 aromatic heterocycles. The molecular weight excluding hydrogens is 318 g/mol. The summed E-state index contributed by atoms with van der Waals surface area (Å²) in [5.41, 5.74) is 0.999. The van der Waals surface area contributed by atoms with Gasteiger partial charge in [0.25, 0.3) is 0 Å². The van der Waals surface area contributed by atoms with Gasteiger partial charge in [0.15, 0.2) is 17.5 Å². The van der Waals surface area contributed by atoms with Crippen molar-refractivity contribution in [3.63, 3.8) is 0 Å². The lowest BCUT2D eigenvalue weighted by molar-refractivity contribution is 0.288. The average molecular weight is 347 g/mol. The van der Waals surface area contributed by atoms with Gasteiger partial charge in [-0.25, -0.2) is 4.99 Å². The Kier molecular flexibility index (Phi) is 7.44. The molecule has 0 heterocycles. The van der Waals surface area contributed by atoms with Crippen molar-refractivity contribution in [2.24, 2.45) is 4.99 Å². The zero-order valence-electron chi connectivity index (χ0n) is 15.6. The molecule has 0 saturated heterocycles. The van der Waals surface area contributed by atoms with Crippen molar-refractivity contribution < 1.29 is 14.2 Å². The summed E-state index contributed by atoms with van der Waals surface area (Å²) < 4.78 is 16.5. The molecule has 0 atom stereocenters. The van der Waals surface area contributed by atoms with Gasteiger partial charge in [-0.05, 0) is 44.4 Å². The van der Waals surface area contributed by atoms with Crippen LogP contribution in [0.3, 0.4) is 0 Å². The number of nitrogens with zero attached hydrogens (tertiary/aromatic N) is 1. The van der Waals surface area contributed by atoms with Crippen LogP contribution in [0, 0.1) is 0 Å². The van der Waals surface area contributed by atoms with Crippen LogP contribution < -0.4 is 24.8 Å². The second-order valence-corrected chi connectivity index (χ2v) is 5.74. The molecule has 0 radical (unpaired) electrons. The molecule has 1 aromatic carbocycles. The molecule has 0 fully saturated rings. The third kappa shape index (κ3) is 5.31. The van der Waals surface area contributed by atoms with Crippen LogP contribution in [0.2, 0.25) is 0 Å². The first-order chi connectivity index (χ1) is 12.2. The van der Waals surface area contributed by atoms with Gasteiger partial charge in [0.05, 0.1) is 27.4 Å². The van der Waals surface area contributed by atoms with Crippen LogP contribution in [-0.4, -0.2) is 39.4 Å². The molecule has 1 aromatic rings. The van der Waals surface area contributed by atoms with E-state index in [1.165, 1.54) is 0 Å². The van der Waals surface area contributed by atoms with Crippen LogP contribution in [-0.2, 0) is 6.54 Å². The maximum Gasteiger partial charge on any atom is 0.203 e. The van der Waals surface area contributed by atoms with Crippen LogP contribution in [0.5, 0.6) is 17.2 Å². The van der Waals surface area contributed by atoms with E-state index < -0.39 is 0 Å². The molecule has 138 valence electrons. The van der Waals surface area contributed by atoms with E-state index in [0.29, 0.717) is 36.4 Å². The standard InChI is InChI=1S/C19H29N3O3/c1-5-20-19(22-15-9-7-8-10-15)21-13-14-11-16(23-3)18(25-6-2)17(12-14)24-4/h7-8,11-12,15H,5-6,9-10,13H2,1-4H3,(H2,20,21,22). The molecule has 0 saturated carbocycles. The molecule has 25 heavy (non-hydrogen) atoms. The van der Waals surface area contributed by atoms with E-state index >= 15 is 0 Å². The van der Waals surface area contributed by atoms with Crippen LogP contribution in [0.15, 0.2) is 29.3 Å². The monoisotopic (exact) mass is 347 g/mol. The fraction of sp³-hybridized carbons (Fsp3) is 0.526. The summed E-state index contributed by atoms with van der Waals surface area (Å²) in [4.78, 5) is 4.69. The molecule has 1 aliphatic carbocycles. The third-order valence-corrected chi connectivity index (χ3v) is 3.92. The van der Waals surface area contributed by atoms with Gasteiger partial charge in [-0.3, -0.25) is 0 Å². The SMILES string of the molecule is CCNC(=NCc1cc(OC)c(OCC)c(OC)c1)NC1CC=CC1. The van der Waals surface area contributed by atoms with Gasteiger partial charge in [0, 0.05) is 12.6 Å². The van der Waals surface area contributed by atoms with Crippen molar-refractivity contribution in [3.8, 4) is 17.2 Å². The smallest absolute Gasteiger partial charge is 0.203 e. The van der Waals surface area contributed by atoms with E-state index in [9.17, 15) is 0 Å². The molecule has 6 nitrogen and oxygen atoms in total. The highest BCUT2D eigenvalue weighted by atomic mass is 16.5. The van der Waals surface area contributed by atoms with Gasteiger partial charge in [-0.1, -0.05) is 12.2 Å². The van der Waals surface area contributed by atoms with Gasteiger partial charge in [-0.15, -0.1) is 0 Å². The summed E-state index contributed by atoms with van der Waals surface area (Å²) >= 11 is 0. The highest BCUT2D eigenvalue weighted by Gasteiger charge is 2.15. The largest absolute Gasteiger partial charge is 0.493 e. The molecule has 0 bridgehead atoms. The van der Waals surface area contributed by atoms with E-state index in [1.54, 1.807) is 14.2 Å². The number of methoxy groups -OCH3 is 2. The minimum Gasteiger partial charge on any atom is -0.493 e. The van der Waals surface area contributed by atoms with Crippen molar-refractivity contribution in [1.82, 2.24) is 10.6 Å². The second-order valence-electron chi connectivity index (χ2n) is 5.74. The number of rotatable bonds is 8. The lowest BCUT2D eigenvalue weighted by atomic mass is 10.2. The first-order valence-corrected chi connectivity index (χ1v) is 8.79. The number of guanidine groups is 1. The number of aliphatic imine (C=N–C) groups is 1. The summed E-state index contributed by atoms with van der Waals surface area (Å²) in [6, 6.07) is 4.30. The normalized spacial score (nSPS) is 14.5. The number of benzene rings is 1. The first-order valence-electron chi connectivity index (χ1n) is 8.79. The Morgan fingerprint density at radius 2 is 1.76 bits per heavy atom. The molecule has 2 N–H and O–H groups in total. The van der Waals surface area contributed by atoms with E-state index in [4.69, 9.17) is 14.2 Å². The maximum atomic E-state index is 5.64. The molecule has 1 aliphatic rings. The molecule has 2 rings (SSSR count). The Bertz CT molecular complexity index is 581. The Morgan fingerprint density at radius 1 is 1.12 bits per heavy atom. The number of hydrogen-bond donors (Lipinski definition) is 2. The quantitative estimate of drug-likeness (QED) is 0.430. The fourth-order valence-electron chi connectivity index (χ4n) is 2.73. The number of nitrogens with one attached hydrogen (secondary N) is 2. The van der Waals surface area contributed by atoms with Crippen LogP contribution in [0.1, 0.15) is 32.3 Å². The van der Waals surface area contributed by atoms with Gasteiger partial charge < -0.3 is 24.8 Å². The Hall–Kier alpha value is -2.37. The van der Waals surface area contributed by atoms with Crippen LogP contribution in [0.25, 0.3) is 0 Å². The maximum absolute atomic E-state index is 5.64. The van der Waals surface area contributed by atoms with Gasteiger partial charge >= 0.3 is 0 Å². The minimum absolute atomic E-state index is 0.419. The van der Waals surface area contributed by atoms with Gasteiger partial charge in [0.2, 0.25) is 5.75 Å². The molecule has 0 unspecified atom stereocenters. The van der Waals surface area contributed by atoms with Crippen molar-refractivity contribution in [1.29, 1.82) is 0 Å². The predicted octanol–water partition coefficient (Wildman–Crippen LogP) is 2.88. The van der Waals surface area contributed by atoms with Crippen molar-refractivity contribution in [2.45, 2.75) is 39.3 Å². The van der Waals surface area contributed by atoms with Crippen molar-refractivity contribution in [2.75, 3.05) is 27.4 Å². The molecule has 0 spiro atoms. The predicted molar refractivity (Wildman–Crippen MR) is 101 cm³/mol. The first kappa shape index (κ1) is 19.0. The Morgan fingerprint density at radius 3 is 2.28 bits per heavy atom. The lowest BCUT2D eigenvalue weighted by Crippen LogP contribution is -2.42.